The molecule has 0 unspecified atom stereocenters. The van der Waals surface area contributed by atoms with E-state index in [0.29, 0.717) is 0 Å². The lowest BCUT2D eigenvalue weighted by atomic mass is 9.66. The second-order valence-electron chi connectivity index (χ2n) is 19.4. The van der Waals surface area contributed by atoms with Crippen molar-refractivity contribution in [1.29, 1.82) is 0 Å². The second kappa shape index (κ2) is 13.4. The van der Waals surface area contributed by atoms with Crippen LogP contribution in [0.25, 0.3) is 33.4 Å². The third kappa shape index (κ3) is 4.54. The van der Waals surface area contributed by atoms with Crippen molar-refractivity contribution >= 4 is 17.1 Å². The van der Waals surface area contributed by atoms with Gasteiger partial charge in [0, 0.05) is 44.5 Å². The van der Waals surface area contributed by atoms with Crippen LogP contribution >= 0.6 is 0 Å². The number of hydrogen-bond donors (Lipinski definition) is 0. The first-order valence-electron chi connectivity index (χ1n) is 23.8. The highest BCUT2D eigenvalue weighted by atomic mass is 16.5. The molecule has 68 heavy (non-hydrogen) atoms. The lowest BCUT2D eigenvalue weighted by Crippen LogP contribution is -2.32. The molecule has 0 atom stereocenters. The summed E-state index contributed by atoms with van der Waals surface area (Å²) in [7, 11) is 0. The second-order valence-corrected chi connectivity index (χ2v) is 19.4. The van der Waals surface area contributed by atoms with Crippen molar-refractivity contribution in [3.05, 3.63) is 280 Å². The Morgan fingerprint density at radius 2 is 0.647 bits per heavy atom. The molecular formula is C65H43NO2. The van der Waals surface area contributed by atoms with E-state index in [1.807, 2.05) is 0 Å². The highest BCUT2D eigenvalue weighted by Gasteiger charge is 2.54. The molecular weight excluding hydrogens is 827 g/mol. The van der Waals surface area contributed by atoms with Gasteiger partial charge in [-0.25, -0.2) is 0 Å². The Kier molecular flexibility index (Phi) is 7.43. The Labute approximate surface area is 396 Å². The van der Waals surface area contributed by atoms with Crippen molar-refractivity contribution in [2.75, 3.05) is 4.90 Å². The number of hydrogen-bond acceptors (Lipinski definition) is 3. The molecule has 0 bridgehead atoms. The van der Waals surface area contributed by atoms with E-state index in [0.717, 1.165) is 62.3 Å². The maximum absolute atomic E-state index is 6.77. The van der Waals surface area contributed by atoms with Crippen LogP contribution in [0.15, 0.2) is 224 Å². The number of fused-ring (bicyclic) bond motifs is 21. The first-order chi connectivity index (χ1) is 33.5. The van der Waals surface area contributed by atoms with Crippen LogP contribution in [0.5, 0.6) is 23.0 Å². The van der Waals surface area contributed by atoms with Gasteiger partial charge in [0.25, 0.3) is 0 Å². The maximum atomic E-state index is 6.77. The average Bonchev–Trinajstić information content (AvgIpc) is 3.94. The van der Waals surface area contributed by atoms with E-state index in [1.165, 1.54) is 66.8 Å². The molecule has 0 aromatic heterocycles. The summed E-state index contributed by atoms with van der Waals surface area (Å²) in [6.07, 6.45) is 0. The van der Waals surface area contributed by atoms with Gasteiger partial charge in [0.05, 0.1) is 22.2 Å². The topological polar surface area (TPSA) is 21.7 Å². The van der Waals surface area contributed by atoms with E-state index in [-0.39, 0.29) is 5.41 Å². The molecule has 0 fully saturated rings. The molecule has 5 aliphatic rings. The highest BCUT2D eigenvalue weighted by Crippen LogP contribution is 2.67. The van der Waals surface area contributed by atoms with Crippen molar-refractivity contribution in [3.8, 4) is 56.4 Å². The van der Waals surface area contributed by atoms with Crippen LogP contribution in [0.1, 0.15) is 69.5 Å². The average molecular weight is 870 g/mol. The molecule has 2 aliphatic heterocycles. The third-order valence-corrected chi connectivity index (χ3v) is 16.0. The van der Waals surface area contributed by atoms with Gasteiger partial charge < -0.3 is 14.4 Å². The summed E-state index contributed by atoms with van der Waals surface area (Å²) in [5.41, 5.74) is 21.7. The lowest BCUT2D eigenvalue weighted by Gasteiger charge is -2.40. The molecule has 0 saturated carbocycles. The monoisotopic (exact) mass is 869 g/mol. The summed E-state index contributed by atoms with van der Waals surface area (Å²) in [6, 6.07) is 82.9. The van der Waals surface area contributed by atoms with Gasteiger partial charge in [0.2, 0.25) is 0 Å². The Bertz CT molecular complexity index is 3530. The van der Waals surface area contributed by atoms with E-state index in [9.17, 15) is 0 Å². The molecule has 3 nitrogen and oxygen atoms in total. The Morgan fingerprint density at radius 3 is 1.10 bits per heavy atom. The standard InChI is InChI=1S/C65H43NO2/c1-63(2)45-22-6-3-19-41(45)42-38-37-40(39-54(42)63)66(55-31-17-29-52-61(55)43-20-4-7-23-46(43)64(52)48-25-9-13-33-57(48)67-58-34-14-10-26-49(58)64)56-32-18-30-53-62(56)44-21-5-8-24-47(44)65(53)50-27-11-15-35-59(50)68-60-36-16-12-28-51(60)65/h3-39H,1-2H3. The minimum atomic E-state index is -0.620. The Morgan fingerprint density at radius 1 is 0.294 bits per heavy atom. The number of rotatable bonds is 3. The van der Waals surface area contributed by atoms with Crippen LogP contribution < -0.4 is 14.4 Å². The fourth-order valence-electron chi connectivity index (χ4n) is 13.4. The van der Waals surface area contributed by atoms with Crippen molar-refractivity contribution in [2.45, 2.75) is 30.1 Å². The fourth-order valence-corrected chi connectivity index (χ4v) is 13.4. The minimum absolute atomic E-state index is 0.205. The highest BCUT2D eigenvalue weighted by molar-refractivity contribution is 6.03. The zero-order valence-electron chi connectivity index (χ0n) is 37.6. The van der Waals surface area contributed by atoms with Crippen molar-refractivity contribution in [3.63, 3.8) is 0 Å². The number of para-hydroxylation sites is 4. The molecule has 0 radical (unpaired) electrons. The minimum Gasteiger partial charge on any atom is -0.457 e. The number of nitrogens with zero attached hydrogens (tertiary/aromatic N) is 1. The van der Waals surface area contributed by atoms with Crippen LogP contribution in [0.3, 0.4) is 0 Å². The summed E-state index contributed by atoms with van der Waals surface area (Å²) in [6.45, 7) is 4.76. The normalized spacial score (nSPS) is 15.5. The molecule has 10 aromatic carbocycles. The van der Waals surface area contributed by atoms with Crippen LogP contribution in [0, 0.1) is 0 Å². The zero-order valence-corrected chi connectivity index (χ0v) is 37.6. The van der Waals surface area contributed by atoms with Gasteiger partial charge in [-0.15, -0.1) is 0 Å². The van der Waals surface area contributed by atoms with E-state index in [4.69, 9.17) is 9.47 Å². The molecule has 2 spiro atoms. The van der Waals surface area contributed by atoms with Crippen molar-refractivity contribution < 1.29 is 9.47 Å². The van der Waals surface area contributed by atoms with Crippen LogP contribution in [-0.4, -0.2) is 0 Å². The predicted molar refractivity (Wildman–Crippen MR) is 273 cm³/mol. The SMILES string of the molecule is CC1(C)c2ccccc2-c2ccc(N(c3cccc4c3-c3ccccc3C43c4ccccc4Oc4ccccc43)c3cccc4c3-c3ccccc3C43c4ccccc4Oc4ccccc43)cc21. The van der Waals surface area contributed by atoms with E-state index < -0.39 is 10.8 Å². The fraction of sp³-hybridized carbons (Fsp3) is 0.0769. The van der Waals surface area contributed by atoms with Gasteiger partial charge in [0.1, 0.15) is 23.0 Å². The zero-order chi connectivity index (χ0) is 44.9. The van der Waals surface area contributed by atoms with Gasteiger partial charge >= 0.3 is 0 Å². The summed E-state index contributed by atoms with van der Waals surface area (Å²) in [5.74, 6) is 3.54. The third-order valence-electron chi connectivity index (χ3n) is 16.0. The summed E-state index contributed by atoms with van der Waals surface area (Å²) in [4.78, 5) is 2.59. The summed E-state index contributed by atoms with van der Waals surface area (Å²) < 4.78 is 13.5. The first-order valence-corrected chi connectivity index (χ1v) is 23.8. The van der Waals surface area contributed by atoms with Crippen molar-refractivity contribution in [1.82, 2.24) is 0 Å². The van der Waals surface area contributed by atoms with Gasteiger partial charge in [-0.3, -0.25) is 0 Å². The molecule has 0 N–H and O–H groups in total. The lowest BCUT2D eigenvalue weighted by molar-refractivity contribution is 0.436. The number of ether oxygens (including phenoxy) is 2. The molecule has 10 aromatic rings. The van der Waals surface area contributed by atoms with Crippen molar-refractivity contribution in [2.24, 2.45) is 0 Å². The van der Waals surface area contributed by atoms with E-state index >= 15 is 0 Å². The first kappa shape index (κ1) is 37.8. The molecule has 0 saturated heterocycles. The predicted octanol–water partition coefficient (Wildman–Crippen LogP) is 16.4. The molecule has 3 heteroatoms. The molecule has 15 rings (SSSR count). The quantitative estimate of drug-likeness (QED) is 0.177. The van der Waals surface area contributed by atoms with Gasteiger partial charge in [0.15, 0.2) is 0 Å². The maximum Gasteiger partial charge on any atom is 0.132 e. The van der Waals surface area contributed by atoms with Gasteiger partial charge in [-0.1, -0.05) is 190 Å². The van der Waals surface area contributed by atoms with Crippen LogP contribution in [0.4, 0.5) is 17.1 Å². The van der Waals surface area contributed by atoms with E-state index in [1.54, 1.807) is 0 Å². The number of anilines is 3. The number of benzene rings is 10. The smallest absolute Gasteiger partial charge is 0.132 e. The van der Waals surface area contributed by atoms with Gasteiger partial charge in [-0.2, -0.15) is 0 Å². The Hall–Kier alpha value is -8.40. The molecule has 0 amide bonds. The van der Waals surface area contributed by atoms with Crippen LogP contribution in [0.2, 0.25) is 0 Å². The molecule has 3 aliphatic carbocycles. The molecule has 2 heterocycles. The summed E-state index contributed by atoms with van der Waals surface area (Å²) >= 11 is 0. The van der Waals surface area contributed by atoms with Crippen LogP contribution in [-0.2, 0) is 16.2 Å². The summed E-state index contributed by atoms with van der Waals surface area (Å²) in [5, 5.41) is 0. The largest absolute Gasteiger partial charge is 0.457 e. The van der Waals surface area contributed by atoms with E-state index in [2.05, 4.69) is 243 Å². The molecule has 320 valence electrons. The Balaban J connectivity index is 1.07. The van der Waals surface area contributed by atoms with Gasteiger partial charge in [-0.05, 0) is 104 Å².